The lowest BCUT2D eigenvalue weighted by Gasteiger charge is -2.20. The molecule has 1 aromatic rings. The number of benzene rings is 1. The van der Waals surface area contributed by atoms with Gasteiger partial charge in [0.15, 0.2) is 5.06 Å². The first-order valence-electron chi connectivity index (χ1n) is 5.26. The second-order valence-corrected chi connectivity index (χ2v) is 4.21. The van der Waals surface area contributed by atoms with Crippen molar-refractivity contribution in [2.45, 2.75) is 18.4 Å². The summed E-state index contributed by atoms with van der Waals surface area (Å²) in [6.07, 6.45) is -0.358. The summed E-state index contributed by atoms with van der Waals surface area (Å²) in [5.41, 5.74) is 0.349. The van der Waals surface area contributed by atoms with Gasteiger partial charge in [-0.05, 0) is 0 Å². The maximum absolute atomic E-state index is 12.4. The molecule has 1 unspecified atom stereocenters. The van der Waals surface area contributed by atoms with E-state index in [0.29, 0.717) is 5.56 Å². The number of alkyl halides is 2. The van der Waals surface area contributed by atoms with Crippen LogP contribution in [0.1, 0.15) is 18.9 Å². The third-order valence-corrected chi connectivity index (χ3v) is 2.47. The summed E-state index contributed by atoms with van der Waals surface area (Å²) in [6.45, 7) is 0.334. The Kier molecular flexibility index (Phi) is 5.25. The molecule has 0 bridgehead atoms. The average Bonchev–Trinajstić information content (AvgIpc) is 2.29. The summed E-state index contributed by atoms with van der Waals surface area (Å²) in [4.78, 5) is 15.2. The van der Waals surface area contributed by atoms with Crippen LogP contribution in [-0.4, -0.2) is 28.5 Å². The number of aliphatic hydroxyl groups is 1. The summed E-state index contributed by atoms with van der Waals surface area (Å²) in [7, 11) is 0. The minimum atomic E-state index is -2.02. The van der Waals surface area contributed by atoms with E-state index in [1.165, 1.54) is 0 Å². The summed E-state index contributed by atoms with van der Waals surface area (Å²) < 4.78 is 12.4. The second-order valence-electron chi connectivity index (χ2n) is 3.59. The van der Waals surface area contributed by atoms with Gasteiger partial charge in [0.2, 0.25) is 0 Å². The number of carbonyl (C=O) groups is 1. The van der Waals surface area contributed by atoms with E-state index < -0.39 is 17.7 Å². The minimum Gasteiger partial charge on any atom is -0.369 e. The number of carbonyl (C=O) groups excluding carboxylic acids is 1. The van der Waals surface area contributed by atoms with E-state index in [9.17, 15) is 14.3 Å². The van der Waals surface area contributed by atoms with Crippen molar-refractivity contribution in [3.05, 3.63) is 35.9 Å². The molecule has 0 heterocycles. The van der Waals surface area contributed by atoms with E-state index in [2.05, 4.69) is 9.99 Å². The molecule has 18 heavy (non-hydrogen) atoms. The lowest BCUT2D eigenvalue weighted by Crippen LogP contribution is -2.34. The van der Waals surface area contributed by atoms with Gasteiger partial charge in [0, 0.05) is 18.9 Å². The van der Waals surface area contributed by atoms with Gasteiger partial charge >= 0.3 is 5.97 Å². The van der Waals surface area contributed by atoms with Crippen molar-refractivity contribution in [2.75, 3.05) is 6.67 Å². The van der Waals surface area contributed by atoms with Crippen molar-refractivity contribution in [1.29, 1.82) is 0 Å². The fourth-order valence-electron chi connectivity index (χ4n) is 1.29. The molecule has 4 nitrogen and oxygen atoms in total. The molecule has 98 valence electrons. The highest BCUT2D eigenvalue weighted by Gasteiger charge is 2.32. The van der Waals surface area contributed by atoms with E-state index in [1.807, 2.05) is 0 Å². The lowest BCUT2D eigenvalue weighted by atomic mass is 10.0. The molecule has 0 radical (unpaired) electrons. The van der Waals surface area contributed by atoms with Crippen molar-refractivity contribution >= 4 is 23.3 Å². The Morgan fingerprint density at radius 3 is 2.61 bits per heavy atom. The number of oxime groups is 1. The molecule has 1 N–H and O–H groups in total. The van der Waals surface area contributed by atoms with Crippen molar-refractivity contribution in [1.82, 2.24) is 0 Å². The SMILES string of the molecule is CC(=O)O/N=C(\c1ccccc1)C(O)(Cl)CCF. The Morgan fingerprint density at radius 2 is 2.11 bits per heavy atom. The monoisotopic (exact) mass is 273 g/mol. The Labute approximate surface area is 109 Å². The Morgan fingerprint density at radius 1 is 1.50 bits per heavy atom. The van der Waals surface area contributed by atoms with Gasteiger partial charge in [-0.15, -0.1) is 0 Å². The molecular weight excluding hydrogens is 261 g/mol. The van der Waals surface area contributed by atoms with Crippen LogP contribution in [0.15, 0.2) is 35.5 Å². The zero-order chi connectivity index (χ0) is 13.6. The molecular formula is C12H13ClFNO3. The average molecular weight is 274 g/mol. The van der Waals surface area contributed by atoms with Crippen molar-refractivity contribution in [3.8, 4) is 0 Å². The molecule has 0 saturated carbocycles. The minimum absolute atomic E-state index is 0.0994. The van der Waals surface area contributed by atoms with Gasteiger partial charge in [-0.25, -0.2) is 4.79 Å². The quantitative estimate of drug-likeness (QED) is 0.387. The summed E-state index contributed by atoms with van der Waals surface area (Å²) in [5, 5.41) is 11.4. The van der Waals surface area contributed by atoms with E-state index in [-0.39, 0.29) is 12.1 Å². The summed E-state index contributed by atoms with van der Waals surface area (Å²) in [5.74, 6) is -0.656. The smallest absolute Gasteiger partial charge is 0.331 e. The number of halogens is 2. The maximum Gasteiger partial charge on any atom is 0.331 e. The van der Waals surface area contributed by atoms with Crippen molar-refractivity contribution in [2.24, 2.45) is 5.16 Å². The zero-order valence-electron chi connectivity index (χ0n) is 9.77. The van der Waals surface area contributed by atoms with Crippen LogP contribution in [0.3, 0.4) is 0 Å². The first-order valence-corrected chi connectivity index (χ1v) is 5.64. The summed E-state index contributed by atoms with van der Waals surface area (Å²) in [6, 6.07) is 8.39. The van der Waals surface area contributed by atoms with Gasteiger partial charge in [-0.3, -0.25) is 4.39 Å². The van der Waals surface area contributed by atoms with Crippen molar-refractivity contribution < 1.29 is 19.1 Å². The van der Waals surface area contributed by atoms with Crippen LogP contribution in [-0.2, 0) is 9.63 Å². The molecule has 6 heteroatoms. The number of nitrogens with zero attached hydrogens (tertiary/aromatic N) is 1. The van der Waals surface area contributed by atoms with Crippen LogP contribution in [0.5, 0.6) is 0 Å². The van der Waals surface area contributed by atoms with Crippen LogP contribution in [0, 0.1) is 0 Å². The van der Waals surface area contributed by atoms with Crippen LogP contribution in [0.4, 0.5) is 4.39 Å². The molecule has 0 fully saturated rings. The zero-order valence-corrected chi connectivity index (χ0v) is 10.5. The third kappa shape index (κ3) is 4.09. The largest absolute Gasteiger partial charge is 0.369 e. The standard InChI is InChI=1S/C12H13ClFNO3/c1-9(16)18-15-11(12(13,17)7-8-14)10-5-3-2-4-6-10/h2-6,17H,7-8H2,1H3/b15-11+. The third-order valence-electron chi connectivity index (χ3n) is 2.10. The van der Waals surface area contributed by atoms with Crippen LogP contribution < -0.4 is 0 Å². The summed E-state index contributed by atoms with van der Waals surface area (Å²) >= 11 is 5.81. The molecule has 1 aromatic carbocycles. The predicted molar refractivity (Wildman–Crippen MR) is 66.1 cm³/mol. The van der Waals surface area contributed by atoms with Crippen LogP contribution in [0.25, 0.3) is 0 Å². The maximum atomic E-state index is 12.4. The molecule has 0 aliphatic rings. The molecule has 0 aliphatic carbocycles. The Hall–Kier alpha value is -1.46. The molecule has 1 atom stereocenters. The van der Waals surface area contributed by atoms with Crippen molar-refractivity contribution in [3.63, 3.8) is 0 Å². The first kappa shape index (κ1) is 14.6. The number of hydrogen-bond donors (Lipinski definition) is 1. The van der Waals surface area contributed by atoms with E-state index >= 15 is 0 Å². The van der Waals surface area contributed by atoms with Gasteiger partial charge in [0.1, 0.15) is 5.71 Å². The predicted octanol–water partition coefficient (Wildman–Crippen LogP) is 2.24. The van der Waals surface area contributed by atoms with Gasteiger partial charge in [0.25, 0.3) is 0 Å². The fraction of sp³-hybridized carbons (Fsp3) is 0.333. The highest BCUT2D eigenvalue weighted by Crippen LogP contribution is 2.23. The molecule has 1 rings (SSSR count). The Bertz CT molecular complexity index is 434. The second kappa shape index (κ2) is 6.47. The van der Waals surface area contributed by atoms with Gasteiger partial charge in [-0.1, -0.05) is 47.1 Å². The normalized spacial score (nSPS) is 15.0. The molecule has 0 aromatic heterocycles. The number of rotatable bonds is 5. The van der Waals surface area contributed by atoms with Crippen LogP contribution in [0.2, 0.25) is 0 Å². The fourth-order valence-corrected chi connectivity index (χ4v) is 1.51. The van der Waals surface area contributed by atoms with Crippen LogP contribution >= 0.6 is 11.6 Å². The highest BCUT2D eigenvalue weighted by molar-refractivity contribution is 6.37. The molecule has 0 aliphatic heterocycles. The van der Waals surface area contributed by atoms with Gasteiger partial charge in [0.05, 0.1) is 6.67 Å². The molecule has 0 amide bonds. The highest BCUT2D eigenvalue weighted by atomic mass is 35.5. The van der Waals surface area contributed by atoms with Gasteiger partial charge < -0.3 is 9.94 Å². The number of hydrogen-bond acceptors (Lipinski definition) is 4. The van der Waals surface area contributed by atoms with E-state index in [0.717, 1.165) is 6.92 Å². The first-order chi connectivity index (χ1) is 8.47. The lowest BCUT2D eigenvalue weighted by molar-refractivity contribution is -0.141. The van der Waals surface area contributed by atoms with Gasteiger partial charge in [-0.2, -0.15) is 0 Å². The molecule has 0 spiro atoms. The van der Waals surface area contributed by atoms with E-state index in [1.54, 1.807) is 30.3 Å². The van der Waals surface area contributed by atoms with E-state index in [4.69, 9.17) is 11.6 Å². The topological polar surface area (TPSA) is 58.9 Å². The Balaban J connectivity index is 3.10. The molecule has 0 saturated heterocycles.